The highest BCUT2D eigenvalue weighted by Crippen LogP contribution is 2.64. The largest absolute Gasteiger partial charge is 0.310 e. The van der Waals surface area contributed by atoms with Crippen molar-refractivity contribution >= 4 is 17.1 Å². The van der Waals surface area contributed by atoms with E-state index in [1.165, 1.54) is 126 Å². The summed E-state index contributed by atoms with van der Waals surface area (Å²) in [6.45, 7) is 22.0. The number of nitrogens with zero attached hydrogens (tertiary/aromatic N) is 1. The van der Waals surface area contributed by atoms with Gasteiger partial charge in [0.15, 0.2) is 0 Å². The van der Waals surface area contributed by atoms with E-state index in [9.17, 15) is 0 Å². The molecule has 1 spiro atoms. The van der Waals surface area contributed by atoms with Crippen LogP contribution in [0.5, 0.6) is 0 Å². The monoisotopic (exact) mass is 793 g/mol. The van der Waals surface area contributed by atoms with Gasteiger partial charge in [0, 0.05) is 16.9 Å². The van der Waals surface area contributed by atoms with Gasteiger partial charge in [0.05, 0.1) is 11.1 Å². The molecule has 0 bridgehead atoms. The number of hydrogen-bond donors (Lipinski definition) is 0. The van der Waals surface area contributed by atoms with Crippen molar-refractivity contribution in [1.29, 1.82) is 0 Å². The second-order valence-corrected chi connectivity index (χ2v) is 21.4. The highest BCUT2D eigenvalue weighted by Gasteiger charge is 2.52. The summed E-state index contributed by atoms with van der Waals surface area (Å²) < 4.78 is 0. The van der Waals surface area contributed by atoms with Gasteiger partial charge >= 0.3 is 0 Å². The van der Waals surface area contributed by atoms with Crippen molar-refractivity contribution < 1.29 is 0 Å². The predicted molar refractivity (Wildman–Crippen MR) is 258 cm³/mol. The van der Waals surface area contributed by atoms with Gasteiger partial charge in [-0.2, -0.15) is 0 Å². The van der Waals surface area contributed by atoms with Crippen molar-refractivity contribution in [2.75, 3.05) is 4.90 Å². The molecule has 1 heteroatoms. The van der Waals surface area contributed by atoms with Crippen LogP contribution in [0.4, 0.5) is 17.1 Å². The summed E-state index contributed by atoms with van der Waals surface area (Å²) in [6.07, 6.45) is 4.75. The Morgan fingerprint density at radius 3 is 1.44 bits per heavy atom. The van der Waals surface area contributed by atoms with E-state index >= 15 is 0 Å². The summed E-state index contributed by atoms with van der Waals surface area (Å²) in [7, 11) is 0. The van der Waals surface area contributed by atoms with Gasteiger partial charge < -0.3 is 4.90 Å². The molecule has 0 radical (unpaired) electrons. The quantitative estimate of drug-likeness (QED) is 0.172. The Balaban J connectivity index is 1.28. The van der Waals surface area contributed by atoms with E-state index < -0.39 is 5.41 Å². The molecule has 11 rings (SSSR count). The molecule has 0 N–H and O–H groups in total. The van der Waals surface area contributed by atoms with Gasteiger partial charge in [-0.15, -0.1) is 0 Å². The maximum Gasteiger partial charge on any atom is 0.0726 e. The Morgan fingerprint density at radius 2 is 0.836 bits per heavy atom. The average Bonchev–Trinajstić information content (AvgIpc) is 3.71. The smallest absolute Gasteiger partial charge is 0.0726 e. The maximum atomic E-state index is 2.62. The second-order valence-electron chi connectivity index (χ2n) is 21.4. The zero-order chi connectivity index (χ0) is 42.3. The fraction of sp³-hybridized carbons (Fsp3) is 0.300. The van der Waals surface area contributed by atoms with Gasteiger partial charge in [0.25, 0.3) is 0 Å². The van der Waals surface area contributed by atoms with Crippen LogP contribution in [0.2, 0.25) is 0 Å². The van der Waals surface area contributed by atoms with Gasteiger partial charge in [-0.1, -0.05) is 165 Å². The molecule has 1 nitrogen and oxygen atoms in total. The molecule has 0 heterocycles. The molecule has 0 aromatic heterocycles. The van der Waals surface area contributed by atoms with Crippen LogP contribution in [0, 0.1) is 6.92 Å². The summed E-state index contributed by atoms with van der Waals surface area (Å²) in [5.74, 6) is 0. The molecular formula is C60H59N. The third-order valence-corrected chi connectivity index (χ3v) is 16.0. The Bertz CT molecular complexity index is 2890. The van der Waals surface area contributed by atoms with Gasteiger partial charge in [0.1, 0.15) is 0 Å². The van der Waals surface area contributed by atoms with Gasteiger partial charge in [-0.05, 0) is 169 Å². The Morgan fingerprint density at radius 1 is 0.344 bits per heavy atom. The van der Waals surface area contributed by atoms with E-state index in [0.717, 1.165) is 0 Å². The molecule has 0 saturated carbocycles. The lowest BCUT2D eigenvalue weighted by Gasteiger charge is -2.43. The van der Waals surface area contributed by atoms with E-state index in [-0.39, 0.29) is 21.7 Å². The van der Waals surface area contributed by atoms with Crippen LogP contribution in [0.25, 0.3) is 33.4 Å². The van der Waals surface area contributed by atoms with Gasteiger partial charge in [0.2, 0.25) is 0 Å². The normalized spacial score (nSPS) is 18.6. The van der Waals surface area contributed by atoms with Crippen molar-refractivity contribution in [2.24, 2.45) is 0 Å². The van der Waals surface area contributed by atoms with Crippen molar-refractivity contribution in [3.63, 3.8) is 0 Å². The molecule has 0 amide bonds. The first kappa shape index (κ1) is 38.3. The number of benzene rings is 7. The third kappa shape index (κ3) is 5.32. The molecular weight excluding hydrogens is 735 g/mol. The van der Waals surface area contributed by atoms with Crippen LogP contribution in [-0.4, -0.2) is 0 Å². The first-order chi connectivity index (χ1) is 29.1. The fourth-order valence-corrected chi connectivity index (χ4v) is 12.6. The van der Waals surface area contributed by atoms with Crippen LogP contribution in [0.15, 0.2) is 146 Å². The van der Waals surface area contributed by atoms with Crippen molar-refractivity contribution in [2.45, 2.75) is 115 Å². The van der Waals surface area contributed by atoms with E-state index in [1.807, 2.05) is 0 Å². The Labute approximate surface area is 364 Å². The van der Waals surface area contributed by atoms with E-state index in [2.05, 4.69) is 213 Å². The minimum atomic E-state index is -0.451. The van der Waals surface area contributed by atoms with Gasteiger partial charge in [-0.25, -0.2) is 0 Å². The number of rotatable bonds is 4. The molecule has 304 valence electrons. The molecule has 0 atom stereocenters. The molecule has 0 fully saturated rings. The van der Waals surface area contributed by atoms with Gasteiger partial charge in [-0.3, -0.25) is 0 Å². The highest BCUT2D eigenvalue weighted by atomic mass is 15.1. The predicted octanol–water partition coefficient (Wildman–Crippen LogP) is 16.2. The summed E-state index contributed by atoms with van der Waals surface area (Å²) in [5, 5.41) is 0. The molecule has 0 unspecified atom stereocenters. The maximum absolute atomic E-state index is 2.62. The second kappa shape index (κ2) is 12.9. The van der Waals surface area contributed by atoms with Crippen LogP contribution in [0.1, 0.15) is 131 Å². The zero-order valence-electron chi connectivity index (χ0n) is 37.6. The third-order valence-electron chi connectivity index (χ3n) is 16.0. The molecule has 7 aromatic rings. The minimum absolute atomic E-state index is 0.0699. The zero-order valence-corrected chi connectivity index (χ0v) is 37.6. The summed E-state index contributed by atoms with van der Waals surface area (Å²) >= 11 is 0. The number of fused-ring (bicyclic) bond motifs is 12. The lowest BCUT2D eigenvalue weighted by molar-refractivity contribution is 0.330. The molecule has 4 aliphatic carbocycles. The fourth-order valence-electron chi connectivity index (χ4n) is 12.6. The average molecular weight is 794 g/mol. The standard InChI is InChI=1S/C60H59N/c1-38-41(28-30-51-55(38)59(8,9)34-33-57(51,4)5)46-36-45-44-23-15-18-26-49(44)60(47-24-16-13-21-42(47)43-22-14-17-25-48(43)60)52(45)37-54(46)61(39-19-11-10-12-20-39)40-27-29-50-53(35-40)58(6,7)32-31-56(50,2)3/h10-30,35-37H,31-34H2,1-9H3. The van der Waals surface area contributed by atoms with Crippen molar-refractivity contribution in [3.8, 4) is 33.4 Å². The Kier molecular flexibility index (Phi) is 8.11. The van der Waals surface area contributed by atoms with E-state index in [1.54, 1.807) is 0 Å². The molecule has 0 saturated heterocycles. The number of para-hydroxylation sites is 1. The van der Waals surface area contributed by atoms with Crippen LogP contribution in [-0.2, 0) is 27.1 Å². The van der Waals surface area contributed by atoms with Crippen LogP contribution < -0.4 is 4.90 Å². The number of hydrogen-bond acceptors (Lipinski definition) is 1. The van der Waals surface area contributed by atoms with Crippen LogP contribution >= 0.6 is 0 Å². The SMILES string of the molecule is Cc1c(-c2cc3c(cc2N(c2ccccc2)c2ccc4c(c2)C(C)(C)CCC4(C)C)C2(c4ccccc4-c4ccccc42)c2ccccc2-3)ccc2c1C(C)(C)CCC2(C)C. The molecule has 4 aliphatic rings. The molecule has 7 aromatic carbocycles. The van der Waals surface area contributed by atoms with Crippen LogP contribution in [0.3, 0.4) is 0 Å². The first-order valence-corrected chi connectivity index (χ1v) is 22.8. The topological polar surface area (TPSA) is 3.24 Å². The first-order valence-electron chi connectivity index (χ1n) is 22.8. The number of anilines is 3. The summed E-state index contributed by atoms with van der Waals surface area (Å²) in [5.41, 5.74) is 24.4. The molecule has 61 heavy (non-hydrogen) atoms. The Hall–Kier alpha value is -5.66. The summed E-state index contributed by atoms with van der Waals surface area (Å²) in [4.78, 5) is 2.60. The summed E-state index contributed by atoms with van der Waals surface area (Å²) in [6, 6.07) is 56.5. The lowest BCUT2D eigenvalue weighted by Crippen LogP contribution is -2.34. The van der Waals surface area contributed by atoms with Crippen molar-refractivity contribution in [3.05, 3.63) is 196 Å². The lowest BCUT2D eigenvalue weighted by atomic mass is 9.61. The minimum Gasteiger partial charge on any atom is -0.310 e. The van der Waals surface area contributed by atoms with Crippen molar-refractivity contribution in [1.82, 2.24) is 0 Å². The van der Waals surface area contributed by atoms with E-state index in [0.29, 0.717) is 0 Å². The molecule has 0 aliphatic heterocycles. The highest BCUT2D eigenvalue weighted by molar-refractivity contribution is 6.00. The van der Waals surface area contributed by atoms with E-state index in [4.69, 9.17) is 0 Å².